The molecule has 0 radical (unpaired) electrons. The molecule has 4 heteroatoms. The minimum atomic E-state index is 0. The highest BCUT2D eigenvalue weighted by atomic mass is 35.5. The summed E-state index contributed by atoms with van der Waals surface area (Å²) in [5, 5.41) is 4.91. The van der Waals surface area contributed by atoms with Crippen LogP contribution in [0.2, 0.25) is 0 Å². The highest BCUT2D eigenvalue weighted by Crippen LogP contribution is 2.24. The van der Waals surface area contributed by atoms with Gasteiger partial charge in [-0.3, -0.25) is 0 Å². The summed E-state index contributed by atoms with van der Waals surface area (Å²) in [5.74, 6) is 0. The number of rotatable bonds is 5. The van der Waals surface area contributed by atoms with Gasteiger partial charge in [0.1, 0.15) is 0 Å². The van der Waals surface area contributed by atoms with Gasteiger partial charge in [0.25, 0.3) is 0 Å². The summed E-state index contributed by atoms with van der Waals surface area (Å²) in [6.45, 7) is 7.27. The number of aromatic nitrogens is 1. The summed E-state index contributed by atoms with van der Waals surface area (Å²) < 4.78 is 8.01. The third-order valence-corrected chi connectivity index (χ3v) is 4.09. The first kappa shape index (κ1) is 16.3. The summed E-state index contributed by atoms with van der Waals surface area (Å²) in [5.41, 5.74) is 2.71. The number of hydrogen-bond acceptors (Lipinski definition) is 2. The first-order chi connectivity index (χ1) is 9.75. The molecule has 1 unspecified atom stereocenters. The predicted octanol–water partition coefficient (Wildman–Crippen LogP) is 3.91. The number of ether oxygens (including phenoxy) is 1. The molecule has 3 nitrogen and oxygen atoms in total. The second kappa shape index (κ2) is 7.30. The molecule has 1 saturated heterocycles. The quantitative estimate of drug-likeness (QED) is 0.906. The highest BCUT2D eigenvalue weighted by Gasteiger charge is 2.15. The van der Waals surface area contributed by atoms with E-state index in [1.807, 2.05) is 0 Å². The normalized spacial score (nSPS) is 18.3. The largest absolute Gasteiger partial charge is 0.377 e. The van der Waals surface area contributed by atoms with Gasteiger partial charge in [-0.05, 0) is 38.3 Å². The molecule has 1 aliphatic rings. The van der Waals surface area contributed by atoms with Gasteiger partial charge in [-0.1, -0.05) is 18.2 Å². The van der Waals surface area contributed by atoms with Crippen molar-refractivity contribution in [2.75, 3.05) is 13.2 Å². The second-order valence-corrected chi connectivity index (χ2v) is 5.94. The van der Waals surface area contributed by atoms with Crippen LogP contribution in [0.25, 0.3) is 10.9 Å². The molecule has 1 aliphatic heterocycles. The maximum atomic E-state index is 5.65. The van der Waals surface area contributed by atoms with Crippen molar-refractivity contribution >= 4 is 23.3 Å². The minimum absolute atomic E-state index is 0. The standard InChI is InChI=1S/C17H24N2O.ClH/c1-13(2)19-12-14(16-7-3-4-8-17(16)19)10-18-11-15-6-5-9-20-15;/h3-4,7-8,12-13,15,18H,5-6,9-11H2,1-2H3;1H. The number of fused-ring (bicyclic) bond motifs is 1. The van der Waals surface area contributed by atoms with Gasteiger partial charge < -0.3 is 14.6 Å². The van der Waals surface area contributed by atoms with Crippen LogP contribution in [0.4, 0.5) is 0 Å². The molecule has 1 atom stereocenters. The number of hydrogen-bond donors (Lipinski definition) is 1. The van der Waals surface area contributed by atoms with Gasteiger partial charge in [0.15, 0.2) is 0 Å². The smallest absolute Gasteiger partial charge is 0.0700 e. The van der Waals surface area contributed by atoms with Gasteiger partial charge in [-0.15, -0.1) is 12.4 Å². The van der Waals surface area contributed by atoms with Gasteiger partial charge in [-0.25, -0.2) is 0 Å². The third-order valence-electron chi connectivity index (χ3n) is 4.09. The Morgan fingerprint density at radius 2 is 2.14 bits per heavy atom. The third kappa shape index (κ3) is 3.60. The van der Waals surface area contributed by atoms with Crippen LogP contribution in [-0.2, 0) is 11.3 Å². The van der Waals surface area contributed by atoms with E-state index in [0.717, 1.165) is 19.7 Å². The zero-order chi connectivity index (χ0) is 13.9. The zero-order valence-electron chi connectivity index (χ0n) is 12.8. The molecule has 1 N–H and O–H groups in total. The Labute approximate surface area is 133 Å². The van der Waals surface area contributed by atoms with E-state index in [1.54, 1.807) is 0 Å². The van der Waals surface area contributed by atoms with E-state index < -0.39 is 0 Å². The van der Waals surface area contributed by atoms with Crippen molar-refractivity contribution in [3.63, 3.8) is 0 Å². The van der Waals surface area contributed by atoms with Gasteiger partial charge in [-0.2, -0.15) is 0 Å². The molecular formula is C17H25ClN2O. The van der Waals surface area contributed by atoms with Crippen LogP contribution in [0.5, 0.6) is 0 Å². The van der Waals surface area contributed by atoms with E-state index >= 15 is 0 Å². The van der Waals surface area contributed by atoms with Crippen molar-refractivity contribution in [3.8, 4) is 0 Å². The SMILES string of the molecule is CC(C)n1cc(CNCC2CCCO2)c2ccccc21.Cl. The van der Waals surface area contributed by atoms with E-state index in [0.29, 0.717) is 12.1 Å². The summed E-state index contributed by atoms with van der Waals surface area (Å²) in [4.78, 5) is 0. The van der Waals surface area contributed by atoms with Gasteiger partial charge in [0, 0.05) is 42.8 Å². The van der Waals surface area contributed by atoms with Crippen molar-refractivity contribution in [1.82, 2.24) is 9.88 Å². The molecule has 116 valence electrons. The van der Waals surface area contributed by atoms with Crippen molar-refractivity contribution in [2.24, 2.45) is 0 Å². The monoisotopic (exact) mass is 308 g/mol. The lowest BCUT2D eigenvalue weighted by molar-refractivity contribution is 0.110. The van der Waals surface area contributed by atoms with Crippen molar-refractivity contribution in [1.29, 1.82) is 0 Å². The van der Waals surface area contributed by atoms with E-state index in [2.05, 4.69) is 54.2 Å². The van der Waals surface area contributed by atoms with Crippen molar-refractivity contribution < 1.29 is 4.74 Å². The molecule has 1 aromatic heterocycles. The second-order valence-electron chi connectivity index (χ2n) is 5.94. The molecular weight excluding hydrogens is 284 g/mol. The van der Waals surface area contributed by atoms with Gasteiger partial charge >= 0.3 is 0 Å². The minimum Gasteiger partial charge on any atom is -0.377 e. The fourth-order valence-corrected chi connectivity index (χ4v) is 3.02. The van der Waals surface area contributed by atoms with Crippen molar-refractivity contribution in [2.45, 2.75) is 45.4 Å². The lowest BCUT2D eigenvalue weighted by Crippen LogP contribution is -2.25. The Morgan fingerprint density at radius 1 is 1.33 bits per heavy atom. The summed E-state index contributed by atoms with van der Waals surface area (Å²) in [6, 6.07) is 9.16. The summed E-state index contributed by atoms with van der Waals surface area (Å²) >= 11 is 0. The molecule has 0 aliphatic carbocycles. The first-order valence-electron chi connectivity index (χ1n) is 7.66. The van der Waals surface area contributed by atoms with E-state index in [9.17, 15) is 0 Å². The maximum absolute atomic E-state index is 5.65. The lowest BCUT2D eigenvalue weighted by Gasteiger charge is -2.10. The number of nitrogens with zero attached hydrogens (tertiary/aromatic N) is 1. The zero-order valence-corrected chi connectivity index (χ0v) is 13.7. The predicted molar refractivity (Wildman–Crippen MR) is 90.3 cm³/mol. The van der Waals surface area contributed by atoms with Gasteiger partial charge in [0.05, 0.1) is 6.10 Å². The fraction of sp³-hybridized carbons (Fsp3) is 0.529. The van der Waals surface area contributed by atoms with Crippen molar-refractivity contribution in [3.05, 3.63) is 36.0 Å². The Bertz CT molecular complexity index is 573. The molecule has 0 spiro atoms. The Kier molecular flexibility index (Phi) is 5.68. The molecule has 0 bridgehead atoms. The summed E-state index contributed by atoms with van der Waals surface area (Å²) in [7, 11) is 0. The molecule has 3 rings (SSSR count). The average molecular weight is 309 g/mol. The van der Waals surface area contributed by atoms with Crippen LogP contribution < -0.4 is 5.32 Å². The molecule has 1 fully saturated rings. The number of halogens is 1. The fourth-order valence-electron chi connectivity index (χ4n) is 3.02. The molecule has 21 heavy (non-hydrogen) atoms. The number of nitrogens with one attached hydrogen (secondary N) is 1. The molecule has 1 aromatic carbocycles. The van der Waals surface area contributed by atoms with E-state index in [-0.39, 0.29) is 12.4 Å². The van der Waals surface area contributed by atoms with E-state index in [4.69, 9.17) is 4.74 Å². The van der Waals surface area contributed by atoms with Crippen LogP contribution in [0.3, 0.4) is 0 Å². The molecule has 0 saturated carbocycles. The average Bonchev–Trinajstić information content (AvgIpc) is 3.07. The Morgan fingerprint density at radius 3 is 2.86 bits per heavy atom. The topological polar surface area (TPSA) is 26.2 Å². The van der Waals surface area contributed by atoms with Crippen LogP contribution in [-0.4, -0.2) is 23.8 Å². The summed E-state index contributed by atoms with van der Waals surface area (Å²) in [6.07, 6.45) is 5.10. The van der Waals surface area contributed by atoms with E-state index in [1.165, 1.54) is 29.3 Å². The lowest BCUT2D eigenvalue weighted by atomic mass is 10.1. The Hall–Kier alpha value is -1.03. The number of para-hydroxylation sites is 1. The first-order valence-corrected chi connectivity index (χ1v) is 7.66. The maximum Gasteiger partial charge on any atom is 0.0700 e. The Balaban J connectivity index is 0.00000161. The molecule has 2 aromatic rings. The highest BCUT2D eigenvalue weighted by molar-refractivity contribution is 5.85. The van der Waals surface area contributed by atoms with Gasteiger partial charge in [0.2, 0.25) is 0 Å². The molecule has 2 heterocycles. The van der Waals surface area contributed by atoms with Crippen LogP contribution in [0, 0.1) is 0 Å². The van der Waals surface area contributed by atoms with Crippen LogP contribution >= 0.6 is 12.4 Å². The van der Waals surface area contributed by atoms with Crippen LogP contribution in [0.1, 0.15) is 38.3 Å². The van der Waals surface area contributed by atoms with Crippen LogP contribution in [0.15, 0.2) is 30.5 Å². The number of benzene rings is 1. The molecule has 0 amide bonds.